The zero-order chi connectivity index (χ0) is 13.9. The third-order valence-electron chi connectivity index (χ3n) is 3.29. The molecule has 98 valence electrons. The van der Waals surface area contributed by atoms with Gasteiger partial charge in [0, 0.05) is 23.3 Å². The summed E-state index contributed by atoms with van der Waals surface area (Å²) in [5.74, 6) is 0.837. The van der Waals surface area contributed by atoms with Crippen LogP contribution in [0.15, 0.2) is 48.8 Å². The summed E-state index contributed by atoms with van der Waals surface area (Å²) in [5.41, 5.74) is 2.51. The van der Waals surface area contributed by atoms with E-state index in [4.69, 9.17) is 4.74 Å². The minimum Gasteiger partial charge on any atom is -0.496 e. The molecule has 0 saturated heterocycles. The highest BCUT2D eigenvalue weighted by Gasteiger charge is 2.10. The van der Waals surface area contributed by atoms with Crippen LogP contribution in [0.25, 0.3) is 11.0 Å². The molecule has 4 heteroatoms. The van der Waals surface area contributed by atoms with Gasteiger partial charge in [-0.15, -0.1) is 0 Å². The fraction of sp³-hybridized carbons (Fsp3) is 0.125. The smallest absolute Gasteiger partial charge is 0.141 e. The normalized spacial score (nSPS) is 10.4. The third-order valence-corrected chi connectivity index (χ3v) is 3.29. The van der Waals surface area contributed by atoms with E-state index in [1.807, 2.05) is 47.2 Å². The Labute approximate surface area is 116 Å². The second-order valence-corrected chi connectivity index (χ2v) is 4.47. The molecule has 3 aromatic rings. The highest BCUT2D eigenvalue weighted by atomic mass is 16.5. The zero-order valence-electron chi connectivity index (χ0n) is 11.1. The SMILES string of the molecule is COc1ccccc1Cn1cc(C#N)c2cccnc21. The number of methoxy groups -OCH3 is 1. The summed E-state index contributed by atoms with van der Waals surface area (Å²) in [7, 11) is 1.66. The molecular weight excluding hydrogens is 250 g/mol. The lowest BCUT2D eigenvalue weighted by Crippen LogP contribution is -2.01. The van der Waals surface area contributed by atoms with Crippen LogP contribution in [0.4, 0.5) is 0 Å². The van der Waals surface area contributed by atoms with Gasteiger partial charge in [0.2, 0.25) is 0 Å². The number of fused-ring (bicyclic) bond motifs is 1. The molecule has 3 rings (SSSR count). The molecule has 1 aromatic carbocycles. The van der Waals surface area contributed by atoms with Gasteiger partial charge in [0.25, 0.3) is 0 Å². The van der Waals surface area contributed by atoms with Gasteiger partial charge >= 0.3 is 0 Å². The van der Waals surface area contributed by atoms with Crippen molar-refractivity contribution >= 4 is 11.0 Å². The van der Waals surface area contributed by atoms with Gasteiger partial charge in [-0.05, 0) is 18.2 Å². The van der Waals surface area contributed by atoms with Gasteiger partial charge in [0.15, 0.2) is 0 Å². The maximum absolute atomic E-state index is 9.20. The van der Waals surface area contributed by atoms with Gasteiger partial charge in [-0.2, -0.15) is 5.26 Å². The summed E-state index contributed by atoms with van der Waals surface area (Å²) < 4.78 is 7.34. The van der Waals surface area contributed by atoms with E-state index in [9.17, 15) is 5.26 Å². The van der Waals surface area contributed by atoms with Crippen molar-refractivity contribution in [3.05, 3.63) is 59.9 Å². The van der Waals surface area contributed by atoms with Crippen molar-refractivity contribution in [1.82, 2.24) is 9.55 Å². The summed E-state index contributed by atoms with van der Waals surface area (Å²) in [6.45, 7) is 0.624. The molecule has 0 spiro atoms. The van der Waals surface area contributed by atoms with Crippen LogP contribution in [0.2, 0.25) is 0 Å². The van der Waals surface area contributed by atoms with E-state index in [0.717, 1.165) is 22.3 Å². The number of benzene rings is 1. The second kappa shape index (κ2) is 5.06. The molecule has 20 heavy (non-hydrogen) atoms. The first-order chi connectivity index (χ1) is 9.83. The van der Waals surface area contributed by atoms with Gasteiger partial charge in [-0.1, -0.05) is 18.2 Å². The van der Waals surface area contributed by atoms with Crippen LogP contribution in [0, 0.1) is 11.3 Å². The van der Waals surface area contributed by atoms with Gasteiger partial charge in [0.05, 0.1) is 19.2 Å². The summed E-state index contributed by atoms with van der Waals surface area (Å²) in [6, 6.07) is 13.8. The van der Waals surface area contributed by atoms with Crippen LogP contribution in [0.5, 0.6) is 5.75 Å². The van der Waals surface area contributed by atoms with E-state index < -0.39 is 0 Å². The van der Waals surface area contributed by atoms with Crippen molar-refractivity contribution in [1.29, 1.82) is 5.26 Å². The Hall–Kier alpha value is -2.80. The molecule has 2 heterocycles. The molecule has 0 unspecified atom stereocenters. The highest BCUT2D eigenvalue weighted by molar-refractivity contribution is 5.83. The number of pyridine rings is 1. The molecule has 4 nitrogen and oxygen atoms in total. The number of para-hydroxylation sites is 1. The first-order valence-corrected chi connectivity index (χ1v) is 6.29. The molecule has 0 atom stereocenters. The van der Waals surface area contributed by atoms with Crippen LogP contribution in [-0.4, -0.2) is 16.7 Å². The number of aromatic nitrogens is 2. The van der Waals surface area contributed by atoms with E-state index in [1.54, 1.807) is 13.3 Å². The third kappa shape index (κ3) is 1.99. The van der Waals surface area contributed by atoms with Crippen molar-refractivity contribution in [3.8, 4) is 11.8 Å². The van der Waals surface area contributed by atoms with E-state index in [1.165, 1.54) is 0 Å². The topological polar surface area (TPSA) is 50.8 Å². The Morgan fingerprint density at radius 3 is 2.90 bits per heavy atom. The molecule has 0 aliphatic carbocycles. The van der Waals surface area contributed by atoms with Crippen LogP contribution in [0.3, 0.4) is 0 Å². The lowest BCUT2D eigenvalue weighted by atomic mass is 10.2. The quantitative estimate of drug-likeness (QED) is 0.730. The van der Waals surface area contributed by atoms with E-state index >= 15 is 0 Å². The minimum absolute atomic E-state index is 0.624. The monoisotopic (exact) mass is 263 g/mol. The van der Waals surface area contributed by atoms with Gasteiger partial charge in [-0.3, -0.25) is 0 Å². The van der Waals surface area contributed by atoms with Crippen LogP contribution in [0.1, 0.15) is 11.1 Å². The van der Waals surface area contributed by atoms with Crippen LogP contribution < -0.4 is 4.74 Å². The molecule has 0 aliphatic heterocycles. The Kier molecular flexibility index (Phi) is 3.10. The maximum Gasteiger partial charge on any atom is 0.141 e. The highest BCUT2D eigenvalue weighted by Crippen LogP contribution is 2.23. The molecule has 0 aliphatic rings. The van der Waals surface area contributed by atoms with Gasteiger partial charge in [-0.25, -0.2) is 4.98 Å². The standard InChI is InChI=1S/C16H13N3O/c1-20-15-7-3-2-5-12(15)10-19-11-13(9-17)14-6-4-8-18-16(14)19/h2-8,11H,10H2,1H3. The van der Waals surface area contributed by atoms with E-state index in [2.05, 4.69) is 11.1 Å². The van der Waals surface area contributed by atoms with Crippen LogP contribution in [-0.2, 0) is 6.54 Å². The molecule has 0 saturated carbocycles. The molecule has 0 radical (unpaired) electrons. The molecule has 2 aromatic heterocycles. The van der Waals surface area contributed by atoms with Crippen molar-refractivity contribution in [2.45, 2.75) is 6.54 Å². The Morgan fingerprint density at radius 1 is 1.25 bits per heavy atom. The summed E-state index contributed by atoms with van der Waals surface area (Å²) >= 11 is 0. The lowest BCUT2D eigenvalue weighted by Gasteiger charge is -2.09. The first kappa shape index (κ1) is 12.2. The molecule has 0 N–H and O–H groups in total. The average molecular weight is 263 g/mol. The lowest BCUT2D eigenvalue weighted by molar-refractivity contribution is 0.408. The van der Waals surface area contributed by atoms with E-state index in [-0.39, 0.29) is 0 Å². The average Bonchev–Trinajstić information content (AvgIpc) is 2.86. The Balaban J connectivity index is 2.10. The fourth-order valence-electron chi connectivity index (χ4n) is 2.35. The van der Waals surface area contributed by atoms with E-state index in [0.29, 0.717) is 12.1 Å². The number of hydrogen-bond donors (Lipinski definition) is 0. The fourth-order valence-corrected chi connectivity index (χ4v) is 2.35. The molecule has 0 fully saturated rings. The molecule has 0 amide bonds. The maximum atomic E-state index is 9.20. The largest absolute Gasteiger partial charge is 0.496 e. The second-order valence-electron chi connectivity index (χ2n) is 4.47. The summed E-state index contributed by atoms with van der Waals surface area (Å²) in [4.78, 5) is 4.37. The number of nitrogens with zero attached hydrogens (tertiary/aromatic N) is 3. The molecular formula is C16H13N3O. The number of nitriles is 1. The zero-order valence-corrected chi connectivity index (χ0v) is 11.1. The number of ether oxygens (including phenoxy) is 1. The van der Waals surface area contributed by atoms with Crippen molar-refractivity contribution in [2.75, 3.05) is 7.11 Å². The predicted octanol–water partition coefficient (Wildman–Crippen LogP) is 2.96. The Bertz CT molecular complexity index is 799. The predicted molar refractivity (Wildman–Crippen MR) is 76.5 cm³/mol. The number of rotatable bonds is 3. The Morgan fingerprint density at radius 2 is 2.10 bits per heavy atom. The van der Waals surface area contributed by atoms with Crippen molar-refractivity contribution < 1.29 is 4.74 Å². The van der Waals surface area contributed by atoms with Crippen molar-refractivity contribution in [3.63, 3.8) is 0 Å². The summed E-state index contributed by atoms with van der Waals surface area (Å²) in [6.07, 6.45) is 3.58. The van der Waals surface area contributed by atoms with Gasteiger partial charge in [0.1, 0.15) is 17.5 Å². The minimum atomic E-state index is 0.624. The van der Waals surface area contributed by atoms with Crippen molar-refractivity contribution in [2.24, 2.45) is 0 Å². The number of hydrogen-bond acceptors (Lipinski definition) is 3. The first-order valence-electron chi connectivity index (χ1n) is 6.29. The molecule has 0 bridgehead atoms. The van der Waals surface area contributed by atoms with Gasteiger partial charge < -0.3 is 9.30 Å². The van der Waals surface area contributed by atoms with Crippen LogP contribution >= 0.6 is 0 Å². The summed E-state index contributed by atoms with van der Waals surface area (Å²) in [5, 5.41) is 10.1.